The molecule has 37 heavy (non-hydrogen) atoms. The largest absolute Gasteiger partial charge is 0.487 e. The van der Waals surface area contributed by atoms with E-state index in [4.69, 9.17) is 18.9 Å². The molecule has 0 radical (unpaired) electrons. The maximum Gasteiger partial charge on any atom is 0.311 e. The summed E-state index contributed by atoms with van der Waals surface area (Å²) in [4.78, 5) is 22.4. The summed E-state index contributed by atoms with van der Waals surface area (Å²) in [6, 6.07) is 9.16. The zero-order valence-electron chi connectivity index (χ0n) is 21.2. The number of ether oxygens (including phenoxy) is 4. The first kappa shape index (κ1) is 28.1. The molecule has 2 aromatic rings. The Morgan fingerprint density at radius 2 is 1.49 bits per heavy atom. The molecule has 0 amide bonds. The number of unbranched alkanes of at least 4 members (excludes halogenated alkanes) is 3. The van der Waals surface area contributed by atoms with E-state index in [0.717, 1.165) is 32.1 Å². The molecule has 1 saturated heterocycles. The maximum absolute atomic E-state index is 11.7. The van der Waals surface area contributed by atoms with Gasteiger partial charge >= 0.3 is 11.4 Å². The fourth-order valence-corrected chi connectivity index (χ4v) is 3.94. The molecule has 0 N–H and O–H groups in total. The molecule has 0 aromatic heterocycles. The molecular weight excluding hydrogens is 480 g/mol. The number of hydrogen-bond donors (Lipinski definition) is 0. The van der Waals surface area contributed by atoms with Gasteiger partial charge in [0.25, 0.3) is 0 Å². The molecule has 2 aromatic carbocycles. The fourth-order valence-electron chi connectivity index (χ4n) is 3.94. The first-order valence-electron chi connectivity index (χ1n) is 12.5. The van der Waals surface area contributed by atoms with E-state index in [2.05, 4.69) is 6.58 Å². The van der Waals surface area contributed by atoms with Crippen molar-refractivity contribution < 1.29 is 28.8 Å². The minimum atomic E-state index is -0.508. The van der Waals surface area contributed by atoms with Crippen molar-refractivity contribution in [3.05, 3.63) is 69.3 Å². The van der Waals surface area contributed by atoms with Gasteiger partial charge in [-0.25, -0.2) is 0 Å². The van der Waals surface area contributed by atoms with Gasteiger partial charge in [0.05, 0.1) is 48.3 Å². The van der Waals surface area contributed by atoms with E-state index in [1.807, 2.05) is 6.92 Å². The van der Waals surface area contributed by atoms with E-state index in [9.17, 15) is 20.2 Å². The molecule has 0 saturated carbocycles. The van der Waals surface area contributed by atoms with E-state index in [0.29, 0.717) is 50.8 Å². The second kappa shape index (κ2) is 13.7. The number of benzene rings is 2. The van der Waals surface area contributed by atoms with Gasteiger partial charge in [-0.2, -0.15) is 0 Å². The average molecular weight is 515 g/mol. The lowest BCUT2D eigenvalue weighted by atomic mass is 9.84. The van der Waals surface area contributed by atoms with Gasteiger partial charge in [-0.3, -0.25) is 20.2 Å². The van der Waals surface area contributed by atoms with Crippen LogP contribution in [-0.4, -0.2) is 49.5 Å². The summed E-state index contributed by atoms with van der Waals surface area (Å²) in [6.45, 7) is 8.68. The Morgan fingerprint density at radius 1 is 0.919 bits per heavy atom. The second-order valence-electron chi connectivity index (χ2n) is 9.14. The number of rotatable bonds is 17. The van der Waals surface area contributed by atoms with Gasteiger partial charge in [0.1, 0.15) is 0 Å². The minimum Gasteiger partial charge on any atom is -0.487 e. The molecule has 1 heterocycles. The van der Waals surface area contributed by atoms with Crippen molar-refractivity contribution >= 4 is 11.4 Å². The monoisotopic (exact) mass is 514 g/mol. The lowest BCUT2D eigenvalue weighted by Crippen LogP contribution is -2.46. The van der Waals surface area contributed by atoms with Crippen LogP contribution in [0.4, 0.5) is 11.4 Å². The van der Waals surface area contributed by atoms with Crippen LogP contribution in [0.3, 0.4) is 0 Å². The molecule has 0 aliphatic carbocycles. The molecule has 0 unspecified atom stereocenters. The van der Waals surface area contributed by atoms with Gasteiger partial charge in [0.15, 0.2) is 11.5 Å². The van der Waals surface area contributed by atoms with Crippen LogP contribution in [0.5, 0.6) is 11.5 Å². The summed E-state index contributed by atoms with van der Waals surface area (Å²) in [6.07, 6.45) is 6.17. The summed E-state index contributed by atoms with van der Waals surface area (Å²) >= 11 is 0. The van der Waals surface area contributed by atoms with Crippen LogP contribution in [0.2, 0.25) is 0 Å². The minimum absolute atomic E-state index is 0.122. The van der Waals surface area contributed by atoms with E-state index < -0.39 is 9.85 Å². The van der Waals surface area contributed by atoms with Crippen molar-refractivity contribution in [1.29, 1.82) is 0 Å². The second-order valence-corrected chi connectivity index (χ2v) is 9.14. The van der Waals surface area contributed by atoms with Crippen molar-refractivity contribution in [2.24, 2.45) is 5.41 Å². The summed E-state index contributed by atoms with van der Waals surface area (Å²) < 4.78 is 22.1. The standard InChI is InChI=1S/C27H34N2O8/c1-3-13-34-14-7-5-6-8-15-36-25-11-9-21(16-23(25)28(30)31)22-10-12-26(24(17-22)29(32)33)37-20-27(4-2)18-35-19-27/h3,9-12,16-17H,1,4-8,13-15,18-20H2,2H3. The highest BCUT2D eigenvalue weighted by Gasteiger charge is 2.38. The zero-order chi connectivity index (χ0) is 26.7. The molecule has 10 nitrogen and oxygen atoms in total. The predicted octanol–water partition coefficient (Wildman–Crippen LogP) is 6.12. The molecule has 1 aliphatic rings. The topological polar surface area (TPSA) is 123 Å². The van der Waals surface area contributed by atoms with E-state index in [1.165, 1.54) is 24.3 Å². The summed E-state index contributed by atoms with van der Waals surface area (Å²) in [5.41, 5.74) is 0.452. The fraction of sp³-hybridized carbons (Fsp3) is 0.481. The Labute approximate surface area is 216 Å². The van der Waals surface area contributed by atoms with Gasteiger partial charge < -0.3 is 18.9 Å². The van der Waals surface area contributed by atoms with Crippen LogP contribution in [0, 0.1) is 25.6 Å². The van der Waals surface area contributed by atoms with Gasteiger partial charge in [-0.15, -0.1) is 6.58 Å². The van der Waals surface area contributed by atoms with Crippen LogP contribution in [-0.2, 0) is 9.47 Å². The smallest absolute Gasteiger partial charge is 0.311 e. The highest BCUT2D eigenvalue weighted by atomic mass is 16.6. The third-order valence-corrected chi connectivity index (χ3v) is 6.42. The quantitative estimate of drug-likeness (QED) is 0.107. The predicted molar refractivity (Wildman–Crippen MR) is 139 cm³/mol. The molecule has 10 heteroatoms. The van der Waals surface area contributed by atoms with Crippen molar-refractivity contribution in [3.63, 3.8) is 0 Å². The van der Waals surface area contributed by atoms with Crippen molar-refractivity contribution in [2.45, 2.75) is 39.0 Å². The number of nitro benzene ring substituents is 2. The lowest BCUT2D eigenvalue weighted by molar-refractivity contribution is -0.386. The molecule has 0 atom stereocenters. The molecule has 1 fully saturated rings. The van der Waals surface area contributed by atoms with Crippen LogP contribution in [0.1, 0.15) is 39.0 Å². The van der Waals surface area contributed by atoms with Crippen molar-refractivity contribution in [1.82, 2.24) is 0 Å². The van der Waals surface area contributed by atoms with E-state index in [1.54, 1.807) is 18.2 Å². The number of nitrogens with zero attached hydrogens (tertiary/aromatic N) is 2. The first-order chi connectivity index (χ1) is 17.9. The van der Waals surface area contributed by atoms with Crippen LogP contribution < -0.4 is 9.47 Å². The Bertz CT molecular complexity index is 1080. The molecular formula is C27H34N2O8. The summed E-state index contributed by atoms with van der Waals surface area (Å²) in [5, 5.41) is 23.4. The van der Waals surface area contributed by atoms with Gasteiger partial charge in [0, 0.05) is 18.7 Å². The van der Waals surface area contributed by atoms with E-state index in [-0.39, 0.29) is 28.3 Å². The van der Waals surface area contributed by atoms with Crippen LogP contribution in [0.25, 0.3) is 11.1 Å². The summed E-state index contributed by atoms with van der Waals surface area (Å²) in [7, 11) is 0. The third kappa shape index (κ3) is 7.74. The Morgan fingerprint density at radius 3 is 1.97 bits per heavy atom. The number of hydrogen-bond acceptors (Lipinski definition) is 8. The maximum atomic E-state index is 11.7. The molecule has 0 spiro atoms. The highest BCUT2D eigenvalue weighted by Crippen LogP contribution is 2.38. The van der Waals surface area contributed by atoms with E-state index >= 15 is 0 Å². The third-order valence-electron chi connectivity index (χ3n) is 6.42. The van der Waals surface area contributed by atoms with Crippen molar-refractivity contribution in [3.8, 4) is 22.6 Å². The zero-order valence-corrected chi connectivity index (χ0v) is 21.2. The van der Waals surface area contributed by atoms with Crippen LogP contribution in [0.15, 0.2) is 49.1 Å². The molecule has 0 bridgehead atoms. The van der Waals surface area contributed by atoms with Gasteiger partial charge in [0.2, 0.25) is 0 Å². The normalized spacial score (nSPS) is 14.0. The van der Waals surface area contributed by atoms with Gasteiger partial charge in [-0.1, -0.05) is 31.6 Å². The van der Waals surface area contributed by atoms with Crippen LogP contribution >= 0.6 is 0 Å². The molecule has 3 rings (SSSR count). The lowest BCUT2D eigenvalue weighted by Gasteiger charge is -2.40. The Balaban J connectivity index is 1.64. The summed E-state index contributed by atoms with van der Waals surface area (Å²) in [5.74, 6) is 0.334. The highest BCUT2D eigenvalue weighted by molar-refractivity contribution is 5.72. The van der Waals surface area contributed by atoms with Gasteiger partial charge in [-0.05, 0) is 48.9 Å². The average Bonchev–Trinajstić information content (AvgIpc) is 2.87. The number of nitro groups is 2. The SMILES string of the molecule is C=CCOCCCCCCOc1ccc(-c2ccc(OCC3(CC)COC3)c([N+](=O)[O-])c2)cc1[N+](=O)[O-]. The Hall–Kier alpha value is -3.50. The Kier molecular flexibility index (Phi) is 10.4. The van der Waals surface area contributed by atoms with Crippen molar-refractivity contribution in [2.75, 3.05) is 39.6 Å². The first-order valence-corrected chi connectivity index (χ1v) is 12.5. The molecule has 200 valence electrons. The molecule has 1 aliphatic heterocycles.